The van der Waals surface area contributed by atoms with Gasteiger partial charge in [0.2, 0.25) is 0 Å². The molecule has 1 aromatic rings. The highest BCUT2D eigenvalue weighted by Gasteiger charge is 2.31. The summed E-state index contributed by atoms with van der Waals surface area (Å²) in [5.41, 5.74) is 1.18. The molecule has 1 rings (SSSR count). The second-order valence-electron chi connectivity index (χ2n) is 3.47. The lowest BCUT2D eigenvalue weighted by Crippen LogP contribution is -2.18. The van der Waals surface area contributed by atoms with Gasteiger partial charge in [0.25, 0.3) is 0 Å². The minimum atomic E-state index is -4.65. The van der Waals surface area contributed by atoms with E-state index in [1.54, 1.807) is 19.1 Å². The van der Waals surface area contributed by atoms with Crippen molar-refractivity contribution in [1.82, 2.24) is 0 Å². The van der Waals surface area contributed by atoms with Gasteiger partial charge in [0.05, 0.1) is 0 Å². The Morgan fingerprint density at radius 1 is 1.33 bits per heavy atom. The van der Waals surface area contributed by atoms with Crippen molar-refractivity contribution in [3.8, 4) is 5.75 Å². The molecule has 1 nitrogen and oxygen atoms in total. The lowest BCUT2D eigenvalue weighted by atomic mass is 10.0. The number of aryl methyl sites for hydroxylation is 1. The van der Waals surface area contributed by atoms with E-state index in [1.165, 1.54) is 6.07 Å². The maximum Gasteiger partial charge on any atom is 0.573 e. The van der Waals surface area contributed by atoms with Crippen molar-refractivity contribution < 1.29 is 17.9 Å². The summed E-state index contributed by atoms with van der Waals surface area (Å²) in [6, 6.07) is 4.72. The second kappa shape index (κ2) is 4.13. The first-order valence-corrected chi connectivity index (χ1v) is 4.49. The van der Waals surface area contributed by atoms with E-state index in [9.17, 15) is 13.2 Å². The molecule has 0 saturated heterocycles. The summed E-state index contributed by atoms with van der Waals surface area (Å²) in [7, 11) is 0. The molecule has 1 atom stereocenters. The summed E-state index contributed by atoms with van der Waals surface area (Å²) in [6.45, 7) is 7.11. The fourth-order valence-corrected chi connectivity index (χ4v) is 1.16. The molecule has 0 aliphatic carbocycles. The van der Waals surface area contributed by atoms with E-state index in [0.717, 1.165) is 5.56 Å². The van der Waals surface area contributed by atoms with Crippen molar-refractivity contribution in [3.05, 3.63) is 36.2 Å². The molecule has 0 bridgehead atoms. The Morgan fingerprint density at radius 3 is 2.40 bits per heavy atom. The van der Waals surface area contributed by atoms with Crippen LogP contribution in [-0.2, 0) is 0 Å². The molecule has 0 N–H and O–H groups in total. The number of rotatable bonds is 2. The zero-order valence-electron chi connectivity index (χ0n) is 8.56. The maximum atomic E-state index is 12.0. The number of ether oxygens (including phenoxy) is 1. The summed E-state index contributed by atoms with van der Waals surface area (Å²) < 4.78 is 39.9. The van der Waals surface area contributed by atoms with Crippen LogP contribution in [0.25, 0.3) is 0 Å². The second-order valence-corrected chi connectivity index (χ2v) is 3.47. The quantitative estimate of drug-likeness (QED) is 0.731. The number of halogens is 3. The molecular weight excluding hydrogens is 205 g/mol. The van der Waals surface area contributed by atoms with Crippen LogP contribution in [0.1, 0.15) is 24.0 Å². The van der Waals surface area contributed by atoms with E-state index in [1.807, 2.05) is 6.92 Å². The molecule has 15 heavy (non-hydrogen) atoms. The number of benzene rings is 1. The topological polar surface area (TPSA) is 9.23 Å². The third-order valence-electron chi connectivity index (χ3n) is 2.01. The minimum absolute atomic E-state index is 0.0683. The third kappa shape index (κ3) is 3.46. The molecule has 0 amide bonds. The number of hydrogen-bond acceptors (Lipinski definition) is 1. The van der Waals surface area contributed by atoms with E-state index in [-0.39, 0.29) is 11.7 Å². The maximum absolute atomic E-state index is 12.0. The molecule has 1 aromatic carbocycles. The predicted octanol–water partition coefficient (Wildman–Crippen LogP) is 3.83. The van der Waals surface area contributed by atoms with Gasteiger partial charge in [-0.25, -0.2) is 0 Å². The first kappa shape index (κ1) is 11.9. The van der Waals surface area contributed by atoms with Crippen LogP contribution in [-0.4, -0.2) is 6.36 Å². The van der Waals surface area contributed by atoms with Crippen molar-refractivity contribution in [2.45, 2.75) is 26.1 Å². The van der Waals surface area contributed by atoms with Gasteiger partial charge in [-0.3, -0.25) is 0 Å². The average molecular weight is 217 g/mol. The molecule has 0 aliphatic rings. The van der Waals surface area contributed by atoms with Crippen LogP contribution in [0.3, 0.4) is 0 Å². The summed E-state index contributed by atoms with van der Waals surface area (Å²) in [5.74, 6) is -0.225. The van der Waals surface area contributed by atoms with Gasteiger partial charge in [0.15, 0.2) is 0 Å². The molecule has 0 spiro atoms. The fourth-order valence-electron chi connectivity index (χ4n) is 1.16. The number of alkyl halides is 3. The summed E-state index contributed by atoms with van der Waals surface area (Å²) in [6.07, 6.45) is -4.65. The van der Waals surface area contributed by atoms with Crippen LogP contribution in [0.15, 0.2) is 18.2 Å². The number of hydrogen-bond donors (Lipinski definition) is 0. The van der Waals surface area contributed by atoms with Gasteiger partial charge in [-0.1, -0.05) is 19.1 Å². The van der Waals surface area contributed by atoms with Crippen LogP contribution in [0.4, 0.5) is 13.2 Å². The van der Waals surface area contributed by atoms with Gasteiger partial charge in [-0.05, 0) is 37.0 Å². The Morgan fingerprint density at radius 2 is 1.93 bits per heavy atom. The standard InChI is InChI=1S/C11H12F3O/c1-7(2)9-5-4-8(3)10(6-9)15-11(12,13)14/h4-7H,1H2,2-3H3. The SMILES string of the molecule is [CH2]C(C)c1ccc(C)c(OC(F)(F)F)c1. The zero-order chi connectivity index (χ0) is 11.6. The molecule has 0 fully saturated rings. The largest absolute Gasteiger partial charge is 0.573 e. The molecule has 0 aliphatic heterocycles. The summed E-state index contributed by atoms with van der Waals surface area (Å²) in [5, 5.41) is 0. The molecule has 0 heterocycles. The van der Waals surface area contributed by atoms with Crippen LogP contribution in [0.5, 0.6) is 5.75 Å². The Labute approximate surface area is 86.9 Å². The monoisotopic (exact) mass is 217 g/mol. The molecule has 0 saturated carbocycles. The van der Waals surface area contributed by atoms with Gasteiger partial charge in [-0.2, -0.15) is 0 Å². The van der Waals surface area contributed by atoms with Gasteiger partial charge in [-0.15, -0.1) is 13.2 Å². The molecule has 83 valence electrons. The molecule has 1 radical (unpaired) electrons. The van der Waals surface area contributed by atoms with Gasteiger partial charge >= 0.3 is 6.36 Å². The van der Waals surface area contributed by atoms with Crippen molar-refractivity contribution in [1.29, 1.82) is 0 Å². The van der Waals surface area contributed by atoms with Crippen molar-refractivity contribution in [2.75, 3.05) is 0 Å². The van der Waals surface area contributed by atoms with E-state index in [2.05, 4.69) is 11.7 Å². The van der Waals surface area contributed by atoms with E-state index >= 15 is 0 Å². The van der Waals surface area contributed by atoms with Crippen LogP contribution in [0.2, 0.25) is 0 Å². The predicted molar refractivity (Wildman–Crippen MR) is 51.6 cm³/mol. The van der Waals surface area contributed by atoms with Gasteiger partial charge in [0.1, 0.15) is 5.75 Å². The molecule has 4 heteroatoms. The zero-order valence-corrected chi connectivity index (χ0v) is 8.56. The van der Waals surface area contributed by atoms with E-state index in [4.69, 9.17) is 0 Å². The average Bonchev–Trinajstić information content (AvgIpc) is 2.06. The Balaban J connectivity index is 3.01. The molecule has 0 aromatic heterocycles. The van der Waals surface area contributed by atoms with Crippen LogP contribution >= 0.6 is 0 Å². The van der Waals surface area contributed by atoms with E-state index < -0.39 is 6.36 Å². The van der Waals surface area contributed by atoms with Crippen LogP contribution in [0, 0.1) is 13.8 Å². The van der Waals surface area contributed by atoms with Gasteiger partial charge < -0.3 is 4.74 Å². The highest BCUT2D eigenvalue weighted by Crippen LogP contribution is 2.29. The van der Waals surface area contributed by atoms with E-state index in [0.29, 0.717) is 5.56 Å². The Bertz CT molecular complexity index is 342. The van der Waals surface area contributed by atoms with Gasteiger partial charge in [0, 0.05) is 0 Å². The lowest BCUT2D eigenvalue weighted by molar-refractivity contribution is -0.274. The van der Waals surface area contributed by atoms with Crippen molar-refractivity contribution in [2.24, 2.45) is 0 Å². The van der Waals surface area contributed by atoms with Crippen molar-refractivity contribution >= 4 is 0 Å². The Kier molecular flexibility index (Phi) is 3.27. The molecular formula is C11H12F3O. The highest BCUT2D eigenvalue weighted by molar-refractivity contribution is 5.38. The third-order valence-corrected chi connectivity index (χ3v) is 2.01. The highest BCUT2D eigenvalue weighted by atomic mass is 19.4. The fraction of sp³-hybridized carbons (Fsp3) is 0.364. The van der Waals surface area contributed by atoms with Crippen molar-refractivity contribution in [3.63, 3.8) is 0 Å². The Hall–Kier alpha value is -1.19. The first-order valence-electron chi connectivity index (χ1n) is 4.49. The lowest BCUT2D eigenvalue weighted by Gasteiger charge is -2.13. The summed E-state index contributed by atoms with van der Waals surface area (Å²) in [4.78, 5) is 0. The summed E-state index contributed by atoms with van der Waals surface area (Å²) >= 11 is 0. The first-order chi connectivity index (χ1) is 6.79. The molecule has 1 unspecified atom stereocenters. The smallest absolute Gasteiger partial charge is 0.406 e. The minimum Gasteiger partial charge on any atom is -0.406 e. The normalized spacial score (nSPS) is 11.9. The van der Waals surface area contributed by atoms with Crippen LogP contribution < -0.4 is 4.74 Å².